The van der Waals surface area contributed by atoms with Crippen molar-refractivity contribution in [2.75, 3.05) is 0 Å². The monoisotopic (exact) mass is 417 g/mol. The van der Waals surface area contributed by atoms with Crippen LogP contribution in [-0.2, 0) is 6.61 Å². The van der Waals surface area contributed by atoms with Crippen LogP contribution in [0.2, 0.25) is 5.02 Å². The molecule has 2 fully saturated rings. The van der Waals surface area contributed by atoms with Gasteiger partial charge in [0.15, 0.2) is 16.8 Å². The van der Waals surface area contributed by atoms with Crippen molar-refractivity contribution in [3.63, 3.8) is 0 Å². The molecule has 2 aliphatic rings. The van der Waals surface area contributed by atoms with Crippen molar-refractivity contribution in [1.29, 1.82) is 0 Å². The molecule has 28 heavy (non-hydrogen) atoms. The van der Waals surface area contributed by atoms with Gasteiger partial charge in [0.1, 0.15) is 12.4 Å². The van der Waals surface area contributed by atoms with Crippen molar-refractivity contribution < 1.29 is 9.26 Å². The van der Waals surface area contributed by atoms with Crippen LogP contribution in [0, 0.1) is 0 Å². The lowest BCUT2D eigenvalue weighted by atomic mass is 10.3. The molecule has 0 aliphatic heterocycles. The van der Waals surface area contributed by atoms with Gasteiger partial charge < -0.3 is 9.26 Å². The molecular formula is C19H20ClN5O2S. The maximum absolute atomic E-state index is 6.18. The molecule has 1 unspecified atom stereocenters. The Kier molecular flexibility index (Phi) is 4.76. The van der Waals surface area contributed by atoms with Crippen molar-refractivity contribution in [1.82, 2.24) is 24.9 Å². The van der Waals surface area contributed by atoms with Gasteiger partial charge in [-0.05, 0) is 44.7 Å². The highest BCUT2D eigenvalue weighted by molar-refractivity contribution is 7.99. The third-order valence-corrected chi connectivity index (χ3v) is 6.23. The van der Waals surface area contributed by atoms with Crippen LogP contribution < -0.4 is 4.74 Å². The highest BCUT2D eigenvalue weighted by Crippen LogP contribution is 2.43. The molecule has 0 N–H and O–H groups in total. The predicted molar refractivity (Wildman–Crippen MR) is 105 cm³/mol. The predicted octanol–water partition coefficient (Wildman–Crippen LogP) is 4.96. The number of aromatic nitrogens is 5. The van der Waals surface area contributed by atoms with Crippen LogP contribution in [0.4, 0.5) is 0 Å². The first-order chi connectivity index (χ1) is 13.7. The van der Waals surface area contributed by atoms with Crippen LogP contribution in [0.25, 0.3) is 0 Å². The van der Waals surface area contributed by atoms with Crippen molar-refractivity contribution in [2.24, 2.45) is 0 Å². The number of ether oxygens (including phenoxy) is 1. The molecule has 0 spiro atoms. The fraction of sp³-hybridized carbons (Fsp3) is 0.474. The largest absolute Gasteiger partial charge is 0.484 e. The minimum atomic E-state index is 0.0130. The van der Waals surface area contributed by atoms with E-state index in [9.17, 15) is 0 Å². The Balaban J connectivity index is 1.31. The van der Waals surface area contributed by atoms with E-state index in [1.165, 1.54) is 0 Å². The van der Waals surface area contributed by atoms with E-state index in [1.807, 2.05) is 24.3 Å². The second-order valence-corrected chi connectivity index (χ2v) is 8.96. The molecule has 2 saturated carbocycles. The van der Waals surface area contributed by atoms with E-state index in [4.69, 9.17) is 20.9 Å². The summed E-state index contributed by atoms with van der Waals surface area (Å²) in [6.07, 6.45) is 4.58. The van der Waals surface area contributed by atoms with Gasteiger partial charge in [0.2, 0.25) is 5.89 Å². The number of halogens is 1. The normalized spacial score (nSPS) is 17.6. The maximum atomic E-state index is 6.18. The Morgan fingerprint density at radius 2 is 2.07 bits per heavy atom. The van der Waals surface area contributed by atoms with E-state index in [0.717, 1.165) is 42.5 Å². The molecule has 2 heterocycles. The zero-order valence-electron chi connectivity index (χ0n) is 15.4. The summed E-state index contributed by atoms with van der Waals surface area (Å²) in [5, 5.41) is 14.3. The van der Waals surface area contributed by atoms with Gasteiger partial charge in [-0.1, -0.05) is 40.7 Å². The number of benzene rings is 1. The molecule has 0 radical (unpaired) electrons. The van der Waals surface area contributed by atoms with Crippen LogP contribution in [0.1, 0.15) is 67.4 Å². The van der Waals surface area contributed by atoms with Gasteiger partial charge in [-0.25, -0.2) is 0 Å². The van der Waals surface area contributed by atoms with Gasteiger partial charge in [-0.2, -0.15) is 4.98 Å². The number of rotatable bonds is 8. The van der Waals surface area contributed by atoms with Crippen molar-refractivity contribution in [3.05, 3.63) is 46.8 Å². The van der Waals surface area contributed by atoms with E-state index < -0.39 is 0 Å². The lowest BCUT2D eigenvalue weighted by Crippen LogP contribution is -2.07. The van der Waals surface area contributed by atoms with Crippen LogP contribution >= 0.6 is 23.4 Å². The lowest BCUT2D eigenvalue weighted by molar-refractivity contribution is 0.288. The first-order valence-electron chi connectivity index (χ1n) is 9.50. The molecule has 9 heteroatoms. The number of nitrogens with zero attached hydrogens (tertiary/aromatic N) is 5. The molecule has 5 rings (SSSR count). The molecule has 0 saturated heterocycles. The summed E-state index contributed by atoms with van der Waals surface area (Å²) in [6, 6.07) is 7.87. The first kappa shape index (κ1) is 18.0. The second kappa shape index (κ2) is 7.40. The number of hydrogen-bond donors (Lipinski definition) is 0. The van der Waals surface area contributed by atoms with Gasteiger partial charge in [-0.15, -0.1) is 10.2 Å². The maximum Gasteiger partial charge on any atom is 0.239 e. The van der Waals surface area contributed by atoms with Crippen molar-refractivity contribution in [2.45, 2.75) is 61.6 Å². The lowest BCUT2D eigenvalue weighted by Gasteiger charge is -2.11. The van der Waals surface area contributed by atoms with Crippen LogP contribution in [0.3, 0.4) is 0 Å². The average Bonchev–Trinajstić information content (AvgIpc) is 3.63. The molecule has 0 bridgehead atoms. The zero-order chi connectivity index (χ0) is 19.1. The molecule has 0 amide bonds. The minimum absolute atomic E-state index is 0.0130. The SMILES string of the molecule is CC(Sc1nnc(COc2ccccc2Cl)n1C1CC1)c1nc(C2CC2)no1. The average molecular weight is 418 g/mol. The fourth-order valence-corrected chi connectivity index (χ4v) is 4.18. The molecular weight excluding hydrogens is 398 g/mol. The molecule has 2 aromatic heterocycles. The van der Waals surface area contributed by atoms with E-state index in [2.05, 4.69) is 31.8 Å². The molecule has 7 nitrogen and oxygen atoms in total. The highest BCUT2D eigenvalue weighted by Gasteiger charge is 2.32. The molecule has 2 aliphatic carbocycles. The van der Waals surface area contributed by atoms with Gasteiger partial charge in [0.05, 0.1) is 10.3 Å². The Morgan fingerprint density at radius 1 is 1.25 bits per heavy atom. The van der Waals surface area contributed by atoms with Gasteiger partial charge in [0.25, 0.3) is 0 Å². The Labute approximate surface area is 171 Å². The summed E-state index contributed by atoms with van der Waals surface area (Å²) in [5.41, 5.74) is 0. The third-order valence-electron chi connectivity index (χ3n) is 4.87. The topological polar surface area (TPSA) is 78.9 Å². The summed E-state index contributed by atoms with van der Waals surface area (Å²) in [4.78, 5) is 4.56. The van der Waals surface area contributed by atoms with Gasteiger partial charge >= 0.3 is 0 Å². The molecule has 146 valence electrons. The minimum Gasteiger partial charge on any atom is -0.484 e. The zero-order valence-corrected chi connectivity index (χ0v) is 17.0. The summed E-state index contributed by atoms with van der Waals surface area (Å²) < 4.78 is 13.5. The summed E-state index contributed by atoms with van der Waals surface area (Å²) >= 11 is 7.77. The standard InChI is InChI=1S/C19H20ClN5O2S/c1-11(18-21-17(24-27-18)12-6-7-12)28-19-23-22-16(25(19)13-8-9-13)10-26-15-5-3-2-4-14(15)20/h2-5,11-13H,6-10H2,1H3. The van der Waals surface area contributed by atoms with Crippen molar-refractivity contribution >= 4 is 23.4 Å². The Bertz CT molecular complexity index is 982. The second-order valence-electron chi connectivity index (χ2n) is 7.24. The number of thioether (sulfide) groups is 1. The summed E-state index contributed by atoms with van der Waals surface area (Å²) in [5.74, 6) is 3.42. The van der Waals surface area contributed by atoms with E-state index >= 15 is 0 Å². The van der Waals surface area contributed by atoms with Crippen LogP contribution in [0.5, 0.6) is 5.75 Å². The number of para-hydroxylation sites is 1. The fourth-order valence-electron chi connectivity index (χ4n) is 3.02. The smallest absolute Gasteiger partial charge is 0.239 e. The van der Waals surface area contributed by atoms with E-state index in [-0.39, 0.29) is 5.25 Å². The number of hydrogen-bond acceptors (Lipinski definition) is 7. The van der Waals surface area contributed by atoms with Crippen LogP contribution in [0.15, 0.2) is 33.9 Å². The first-order valence-corrected chi connectivity index (χ1v) is 10.8. The van der Waals surface area contributed by atoms with E-state index in [0.29, 0.717) is 35.2 Å². The molecule has 3 aromatic rings. The summed E-state index contributed by atoms with van der Waals surface area (Å²) in [6.45, 7) is 2.38. The molecule has 1 atom stereocenters. The molecule has 1 aromatic carbocycles. The Morgan fingerprint density at radius 3 is 2.82 bits per heavy atom. The highest BCUT2D eigenvalue weighted by atomic mass is 35.5. The van der Waals surface area contributed by atoms with Gasteiger partial charge in [-0.3, -0.25) is 4.57 Å². The van der Waals surface area contributed by atoms with E-state index in [1.54, 1.807) is 11.8 Å². The Hall–Kier alpha value is -2.06. The summed E-state index contributed by atoms with van der Waals surface area (Å²) in [7, 11) is 0. The third kappa shape index (κ3) is 3.75. The quantitative estimate of drug-likeness (QED) is 0.479. The van der Waals surface area contributed by atoms with Crippen molar-refractivity contribution in [3.8, 4) is 5.75 Å². The van der Waals surface area contributed by atoms with Gasteiger partial charge in [0, 0.05) is 12.0 Å². The van der Waals surface area contributed by atoms with Crippen LogP contribution in [-0.4, -0.2) is 24.9 Å².